The van der Waals surface area contributed by atoms with Gasteiger partial charge in [0.15, 0.2) is 0 Å². The summed E-state index contributed by atoms with van der Waals surface area (Å²) in [7, 11) is -1.85. The lowest BCUT2D eigenvalue weighted by molar-refractivity contribution is 0.466. The first-order chi connectivity index (χ1) is 12.0. The number of nitrogens with one attached hydrogen (secondary N) is 1. The molecule has 25 heavy (non-hydrogen) atoms. The zero-order valence-electron chi connectivity index (χ0n) is 15.0. The number of nitrogens with zero attached hydrogens (tertiary/aromatic N) is 2. The standard InChI is InChI=1S/C19H27N3O2S/c1-3-11-20-13-18-12-19(15-22(18)17-9-10-17)25(23,24)21(2)14-16-7-5-4-6-8-16/h4-8,12,15,17,20H,3,9-11,13-14H2,1-2H3. The molecule has 3 rings (SSSR count). The minimum atomic E-state index is -3.49. The fraction of sp³-hybridized carbons (Fsp3) is 0.474. The van der Waals surface area contributed by atoms with E-state index in [4.69, 9.17) is 0 Å². The van der Waals surface area contributed by atoms with Gasteiger partial charge >= 0.3 is 0 Å². The molecular weight excluding hydrogens is 334 g/mol. The van der Waals surface area contributed by atoms with Crippen molar-refractivity contribution < 1.29 is 8.42 Å². The fourth-order valence-electron chi connectivity index (χ4n) is 2.97. The van der Waals surface area contributed by atoms with Gasteiger partial charge in [-0.05, 0) is 37.4 Å². The summed E-state index contributed by atoms with van der Waals surface area (Å²) >= 11 is 0. The van der Waals surface area contributed by atoms with Crippen LogP contribution in [0.25, 0.3) is 0 Å². The van der Waals surface area contributed by atoms with Crippen LogP contribution in [0.4, 0.5) is 0 Å². The Morgan fingerprint density at radius 2 is 1.96 bits per heavy atom. The second-order valence-electron chi connectivity index (χ2n) is 6.73. The highest BCUT2D eigenvalue weighted by molar-refractivity contribution is 7.89. The van der Waals surface area contributed by atoms with Crippen molar-refractivity contribution in [3.05, 3.63) is 53.9 Å². The molecule has 1 aliphatic carbocycles. The Kier molecular flexibility index (Phi) is 5.61. The molecule has 0 aliphatic heterocycles. The molecule has 0 unspecified atom stereocenters. The van der Waals surface area contributed by atoms with Gasteiger partial charge < -0.3 is 9.88 Å². The van der Waals surface area contributed by atoms with Crippen LogP contribution >= 0.6 is 0 Å². The molecule has 1 heterocycles. The van der Waals surface area contributed by atoms with Crippen LogP contribution in [0.3, 0.4) is 0 Å². The molecule has 0 bridgehead atoms. The topological polar surface area (TPSA) is 54.3 Å². The zero-order valence-corrected chi connectivity index (χ0v) is 15.8. The van der Waals surface area contributed by atoms with Gasteiger partial charge in [-0.2, -0.15) is 4.31 Å². The molecule has 1 saturated carbocycles. The van der Waals surface area contributed by atoms with Crippen LogP contribution in [-0.4, -0.2) is 30.9 Å². The molecule has 1 aromatic heterocycles. The molecule has 136 valence electrons. The van der Waals surface area contributed by atoms with Crippen molar-refractivity contribution in [3.63, 3.8) is 0 Å². The largest absolute Gasteiger partial charge is 0.346 e. The Bertz CT molecular complexity index is 795. The zero-order chi connectivity index (χ0) is 17.9. The minimum absolute atomic E-state index is 0.376. The van der Waals surface area contributed by atoms with E-state index in [0.717, 1.165) is 37.1 Å². The van der Waals surface area contributed by atoms with Crippen LogP contribution in [-0.2, 0) is 23.1 Å². The molecule has 0 atom stereocenters. The lowest BCUT2D eigenvalue weighted by atomic mass is 10.2. The Labute approximate surface area is 150 Å². The van der Waals surface area contributed by atoms with E-state index in [9.17, 15) is 8.42 Å². The lowest BCUT2D eigenvalue weighted by Crippen LogP contribution is -2.26. The average molecular weight is 362 g/mol. The van der Waals surface area contributed by atoms with Crippen LogP contribution in [0, 0.1) is 0 Å². The molecule has 0 saturated heterocycles. The van der Waals surface area contributed by atoms with E-state index in [1.54, 1.807) is 7.05 Å². The van der Waals surface area contributed by atoms with Gasteiger partial charge in [0.1, 0.15) is 4.90 Å². The van der Waals surface area contributed by atoms with E-state index >= 15 is 0 Å². The molecule has 1 N–H and O–H groups in total. The number of aromatic nitrogens is 1. The first-order valence-corrected chi connectivity index (χ1v) is 10.4. The molecule has 5 nitrogen and oxygen atoms in total. The van der Waals surface area contributed by atoms with Gasteiger partial charge in [-0.3, -0.25) is 0 Å². The predicted molar refractivity (Wildman–Crippen MR) is 99.8 cm³/mol. The van der Waals surface area contributed by atoms with E-state index in [0.29, 0.717) is 24.0 Å². The summed E-state index contributed by atoms with van der Waals surface area (Å²) in [5.41, 5.74) is 2.04. The molecule has 0 amide bonds. The van der Waals surface area contributed by atoms with Crippen molar-refractivity contribution in [1.29, 1.82) is 0 Å². The number of hydrogen-bond acceptors (Lipinski definition) is 3. The molecule has 1 aromatic carbocycles. The van der Waals surface area contributed by atoms with Gasteiger partial charge in [-0.1, -0.05) is 37.3 Å². The van der Waals surface area contributed by atoms with Gasteiger partial charge in [-0.15, -0.1) is 0 Å². The van der Waals surface area contributed by atoms with E-state index in [1.165, 1.54) is 4.31 Å². The maximum Gasteiger partial charge on any atom is 0.244 e. The third kappa shape index (κ3) is 4.32. The number of benzene rings is 1. The summed E-state index contributed by atoms with van der Waals surface area (Å²) in [6.45, 7) is 4.15. The summed E-state index contributed by atoms with van der Waals surface area (Å²) in [5, 5.41) is 3.38. The summed E-state index contributed by atoms with van der Waals surface area (Å²) < 4.78 is 29.5. The molecule has 1 fully saturated rings. The maximum absolute atomic E-state index is 13.0. The predicted octanol–water partition coefficient (Wildman–Crippen LogP) is 3.14. The highest BCUT2D eigenvalue weighted by Crippen LogP contribution is 2.37. The fourth-order valence-corrected chi connectivity index (χ4v) is 4.18. The van der Waals surface area contributed by atoms with Crippen molar-refractivity contribution in [2.45, 2.75) is 50.2 Å². The van der Waals surface area contributed by atoms with Crippen LogP contribution in [0.2, 0.25) is 0 Å². The van der Waals surface area contributed by atoms with E-state index in [-0.39, 0.29) is 0 Å². The van der Waals surface area contributed by atoms with Crippen LogP contribution in [0.5, 0.6) is 0 Å². The second-order valence-corrected chi connectivity index (χ2v) is 8.77. The van der Waals surface area contributed by atoms with Gasteiger partial charge in [0, 0.05) is 38.1 Å². The minimum Gasteiger partial charge on any atom is -0.346 e. The van der Waals surface area contributed by atoms with Crippen LogP contribution < -0.4 is 5.32 Å². The Balaban J connectivity index is 1.80. The van der Waals surface area contributed by atoms with Gasteiger partial charge in [-0.25, -0.2) is 8.42 Å². The molecular formula is C19H27N3O2S. The highest BCUT2D eigenvalue weighted by atomic mass is 32.2. The summed E-state index contributed by atoms with van der Waals surface area (Å²) in [4.78, 5) is 0.395. The van der Waals surface area contributed by atoms with Crippen LogP contribution in [0.1, 0.15) is 43.5 Å². The summed E-state index contributed by atoms with van der Waals surface area (Å²) in [6.07, 6.45) is 5.15. The maximum atomic E-state index is 13.0. The molecule has 0 radical (unpaired) electrons. The van der Waals surface area contributed by atoms with E-state index in [1.807, 2.05) is 42.6 Å². The average Bonchev–Trinajstić information content (AvgIpc) is 3.35. The van der Waals surface area contributed by atoms with Crippen molar-refractivity contribution in [2.24, 2.45) is 0 Å². The van der Waals surface area contributed by atoms with Crippen LogP contribution in [0.15, 0.2) is 47.5 Å². The number of sulfonamides is 1. The molecule has 6 heteroatoms. The van der Waals surface area contributed by atoms with Crippen molar-refractivity contribution in [2.75, 3.05) is 13.6 Å². The smallest absolute Gasteiger partial charge is 0.244 e. The van der Waals surface area contributed by atoms with Crippen molar-refractivity contribution in [3.8, 4) is 0 Å². The van der Waals surface area contributed by atoms with Crippen molar-refractivity contribution >= 4 is 10.0 Å². The lowest BCUT2D eigenvalue weighted by Gasteiger charge is -2.16. The SMILES string of the molecule is CCCNCc1cc(S(=O)(=O)N(C)Cc2ccccc2)cn1C1CC1. The second kappa shape index (κ2) is 7.72. The third-order valence-electron chi connectivity index (χ3n) is 4.54. The number of hydrogen-bond donors (Lipinski definition) is 1. The van der Waals surface area contributed by atoms with Gasteiger partial charge in [0.05, 0.1) is 0 Å². The molecule has 2 aromatic rings. The van der Waals surface area contributed by atoms with Gasteiger partial charge in [0.25, 0.3) is 0 Å². The monoisotopic (exact) mass is 361 g/mol. The quantitative estimate of drug-likeness (QED) is 0.698. The Morgan fingerprint density at radius 1 is 1.24 bits per heavy atom. The van der Waals surface area contributed by atoms with E-state index < -0.39 is 10.0 Å². The third-order valence-corrected chi connectivity index (χ3v) is 6.30. The normalized spacial score (nSPS) is 15.0. The highest BCUT2D eigenvalue weighted by Gasteiger charge is 2.29. The molecule has 0 spiro atoms. The van der Waals surface area contributed by atoms with Crippen molar-refractivity contribution in [1.82, 2.24) is 14.2 Å². The Morgan fingerprint density at radius 3 is 2.60 bits per heavy atom. The van der Waals surface area contributed by atoms with E-state index in [2.05, 4.69) is 16.8 Å². The summed E-state index contributed by atoms with van der Waals surface area (Å²) in [6, 6.07) is 12.0. The first kappa shape index (κ1) is 18.2. The number of rotatable bonds is 9. The molecule has 1 aliphatic rings. The Hall–Kier alpha value is -1.63. The summed E-state index contributed by atoms with van der Waals surface area (Å²) in [5.74, 6) is 0. The first-order valence-electron chi connectivity index (χ1n) is 8.94. The van der Waals surface area contributed by atoms with Gasteiger partial charge in [0.2, 0.25) is 10.0 Å².